The van der Waals surface area contributed by atoms with Crippen molar-refractivity contribution in [2.24, 2.45) is 7.05 Å². The molecule has 5 rings (SSSR count). The second kappa shape index (κ2) is 4.90. The molecule has 4 aromatic rings. The fourth-order valence-electron chi connectivity index (χ4n) is 4.48. The Morgan fingerprint density at radius 1 is 0.800 bits per heavy atom. The van der Waals surface area contributed by atoms with Crippen LogP contribution in [0.3, 0.4) is 0 Å². The predicted molar refractivity (Wildman–Crippen MR) is 104 cm³/mol. The van der Waals surface area contributed by atoms with Crippen LogP contribution in [0.5, 0.6) is 0 Å². The second-order valence-corrected chi connectivity index (χ2v) is 7.33. The van der Waals surface area contributed by atoms with E-state index in [9.17, 15) is 0 Å². The maximum atomic E-state index is 2.35. The van der Waals surface area contributed by atoms with E-state index >= 15 is 0 Å². The van der Waals surface area contributed by atoms with E-state index < -0.39 is 0 Å². The summed E-state index contributed by atoms with van der Waals surface area (Å²) >= 11 is 0. The van der Waals surface area contributed by atoms with Gasteiger partial charge in [-0.05, 0) is 43.2 Å². The average Bonchev–Trinajstić information content (AvgIpc) is 2.61. The van der Waals surface area contributed by atoms with Crippen molar-refractivity contribution in [3.63, 3.8) is 0 Å². The third kappa shape index (κ3) is 1.86. The highest BCUT2D eigenvalue weighted by Gasteiger charge is 2.33. The van der Waals surface area contributed by atoms with Crippen molar-refractivity contribution in [2.45, 2.75) is 13.8 Å². The summed E-state index contributed by atoms with van der Waals surface area (Å²) in [5, 5.41) is 2.74. The van der Waals surface area contributed by atoms with Gasteiger partial charge < -0.3 is 0 Å². The van der Waals surface area contributed by atoms with E-state index in [1.54, 1.807) is 0 Å². The quantitative estimate of drug-likeness (QED) is 0.371. The highest BCUT2D eigenvalue weighted by atomic mass is 15.1. The minimum Gasteiger partial charge on any atom is -0.271 e. The molecule has 0 radical (unpaired) electrons. The zero-order valence-electron chi connectivity index (χ0n) is 15.1. The van der Waals surface area contributed by atoms with Crippen LogP contribution in [0.2, 0.25) is 0 Å². The topological polar surface area (TPSA) is 8.32 Å². The Kier molecular flexibility index (Phi) is 2.87. The van der Waals surface area contributed by atoms with Gasteiger partial charge in [0.1, 0.15) is 23.5 Å². The summed E-state index contributed by atoms with van der Waals surface area (Å²) in [6.45, 7) is 4.38. The van der Waals surface area contributed by atoms with E-state index in [4.69, 9.17) is 0 Å². The highest BCUT2D eigenvalue weighted by molar-refractivity contribution is 6.11. The molecule has 0 amide bonds. The van der Waals surface area contributed by atoms with Crippen LogP contribution < -0.4 is 9.47 Å². The number of benzene rings is 3. The van der Waals surface area contributed by atoms with Gasteiger partial charge in [0.25, 0.3) is 0 Å². The number of hydrogen-bond acceptors (Lipinski definition) is 0. The smallest absolute Gasteiger partial charge is 0.219 e. The van der Waals surface area contributed by atoms with Crippen LogP contribution in [-0.4, -0.2) is 7.05 Å². The van der Waals surface area contributed by atoms with Crippen LogP contribution in [0, 0.1) is 13.8 Å². The van der Waals surface area contributed by atoms with Crippen LogP contribution in [0.15, 0.2) is 54.6 Å². The van der Waals surface area contributed by atoms with E-state index in [-0.39, 0.29) is 0 Å². The lowest BCUT2D eigenvalue weighted by Gasteiger charge is -2.25. The van der Waals surface area contributed by atoms with Gasteiger partial charge in [-0.2, -0.15) is 4.57 Å². The maximum absolute atomic E-state index is 2.35. The van der Waals surface area contributed by atoms with Gasteiger partial charge in [0.05, 0.1) is 7.05 Å². The molecule has 0 aliphatic carbocycles. The fraction of sp³-hybridized carbons (Fsp3) is 0.174. The van der Waals surface area contributed by atoms with Crippen molar-refractivity contribution in [2.75, 3.05) is 7.05 Å². The number of aromatic nitrogens is 1. The summed E-state index contributed by atoms with van der Waals surface area (Å²) in [5.41, 5.74) is 10.7. The first-order chi connectivity index (χ1) is 12.1. The SMILES string of the molecule is Cc1ccc2c(c1)c1c3c(cc(C)cc3[n+]2C)-c2ccccc2[NH+]1C. The molecule has 2 heterocycles. The number of nitrogens with one attached hydrogen (secondary N) is 1. The monoisotopic (exact) mass is 326 g/mol. The molecule has 122 valence electrons. The predicted octanol–water partition coefficient (Wildman–Crippen LogP) is 3.89. The zero-order valence-corrected chi connectivity index (χ0v) is 15.1. The van der Waals surface area contributed by atoms with Gasteiger partial charge in [0.15, 0.2) is 5.69 Å². The maximum Gasteiger partial charge on any atom is 0.219 e. The lowest BCUT2D eigenvalue weighted by Crippen LogP contribution is -2.99. The van der Waals surface area contributed by atoms with Crippen LogP contribution >= 0.6 is 0 Å². The molecule has 1 aliphatic heterocycles. The molecule has 3 aromatic carbocycles. The van der Waals surface area contributed by atoms with Gasteiger partial charge in [-0.3, -0.25) is 4.90 Å². The third-order valence-electron chi connectivity index (χ3n) is 5.65. The first-order valence-electron chi connectivity index (χ1n) is 8.86. The minimum atomic E-state index is 1.29. The summed E-state index contributed by atoms with van der Waals surface area (Å²) in [4.78, 5) is 1.38. The number of rotatable bonds is 0. The molecule has 0 spiro atoms. The average molecular weight is 326 g/mol. The summed E-state index contributed by atoms with van der Waals surface area (Å²) in [5.74, 6) is 0. The Balaban J connectivity index is 2.12. The molecule has 0 bridgehead atoms. The molecule has 1 aromatic heterocycles. The summed E-state index contributed by atoms with van der Waals surface area (Å²) in [7, 11) is 4.47. The molecule has 0 saturated heterocycles. The van der Waals surface area contributed by atoms with E-state index in [1.165, 1.54) is 60.3 Å². The van der Waals surface area contributed by atoms with Crippen molar-refractivity contribution in [3.05, 3.63) is 65.7 Å². The summed E-state index contributed by atoms with van der Waals surface area (Å²) in [6.07, 6.45) is 0. The van der Waals surface area contributed by atoms with Crippen molar-refractivity contribution < 1.29 is 9.47 Å². The van der Waals surface area contributed by atoms with E-state index in [0.29, 0.717) is 0 Å². The van der Waals surface area contributed by atoms with Gasteiger partial charge in [-0.25, -0.2) is 0 Å². The Morgan fingerprint density at radius 3 is 2.44 bits per heavy atom. The first kappa shape index (κ1) is 14.6. The van der Waals surface area contributed by atoms with Gasteiger partial charge in [0.2, 0.25) is 11.0 Å². The summed E-state index contributed by atoms with van der Waals surface area (Å²) in [6, 6.07) is 20.3. The van der Waals surface area contributed by atoms with Crippen molar-refractivity contribution in [3.8, 4) is 11.1 Å². The minimum absolute atomic E-state index is 1.29. The Bertz CT molecular complexity index is 1190. The number of aryl methyl sites for hydroxylation is 3. The van der Waals surface area contributed by atoms with Crippen LogP contribution in [-0.2, 0) is 7.05 Å². The number of fused-ring (bicyclic) bond motifs is 4. The molecule has 2 heteroatoms. The van der Waals surface area contributed by atoms with Gasteiger partial charge in [0, 0.05) is 29.3 Å². The number of hydrogen-bond donors (Lipinski definition) is 1. The number of para-hydroxylation sites is 1. The fourth-order valence-corrected chi connectivity index (χ4v) is 4.48. The van der Waals surface area contributed by atoms with Gasteiger partial charge >= 0.3 is 0 Å². The van der Waals surface area contributed by atoms with Crippen LogP contribution in [0.1, 0.15) is 11.1 Å². The normalized spacial score (nSPS) is 15.6. The van der Waals surface area contributed by atoms with Gasteiger partial charge in [-0.1, -0.05) is 18.2 Å². The van der Waals surface area contributed by atoms with E-state index in [2.05, 4.69) is 87.1 Å². The second-order valence-electron chi connectivity index (χ2n) is 7.33. The van der Waals surface area contributed by atoms with Crippen molar-refractivity contribution in [1.29, 1.82) is 0 Å². The number of nitrogens with zero attached hydrogens (tertiary/aromatic N) is 1. The lowest BCUT2D eigenvalue weighted by molar-refractivity contribution is -0.733. The van der Waals surface area contributed by atoms with E-state index in [0.717, 1.165) is 0 Å². The van der Waals surface area contributed by atoms with Crippen LogP contribution in [0.25, 0.3) is 32.9 Å². The highest BCUT2D eigenvalue weighted by Crippen LogP contribution is 2.41. The lowest BCUT2D eigenvalue weighted by atomic mass is 9.90. The standard InChI is InChI=1S/C23H21N2/c1-14-9-10-20-18(11-14)23-22-17(12-15(2)13-21(22)24(20)3)16-7-5-6-8-19(16)25(23)4/h5-13H,1-4H3/q+1/p+1. The molecular formula is C23H22N2+2. The molecule has 0 saturated carbocycles. The largest absolute Gasteiger partial charge is 0.271 e. The van der Waals surface area contributed by atoms with Crippen molar-refractivity contribution in [1.82, 2.24) is 0 Å². The Hall–Kier alpha value is -2.71. The molecule has 1 N–H and O–H groups in total. The van der Waals surface area contributed by atoms with E-state index in [1.807, 2.05) is 0 Å². The molecule has 2 nitrogen and oxygen atoms in total. The number of pyridine rings is 1. The number of quaternary nitrogens is 1. The molecule has 25 heavy (non-hydrogen) atoms. The molecule has 1 aliphatic rings. The Labute approximate surface area is 147 Å². The molecule has 1 atom stereocenters. The Morgan fingerprint density at radius 2 is 1.60 bits per heavy atom. The van der Waals surface area contributed by atoms with Crippen LogP contribution in [0.4, 0.5) is 11.4 Å². The summed E-state index contributed by atoms with van der Waals surface area (Å²) < 4.78 is 2.35. The first-order valence-corrected chi connectivity index (χ1v) is 8.86. The zero-order chi connectivity index (χ0) is 17.3. The molecule has 0 fully saturated rings. The van der Waals surface area contributed by atoms with Gasteiger partial charge in [-0.15, -0.1) is 0 Å². The third-order valence-corrected chi connectivity index (χ3v) is 5.65. The molecular weight excluding hydrogens is 304 g/mol. The van der Waals surface area contributed by atoms with Crippen molar-refractivity contribution >= 4 is 33.2 Å². The molecule has 1 unspecified atom stereocenters.